The lowest BCUT2D eigenvalue weighted by atomic mass is 10.1. The first-order valence-electron chi connectivity index (χ1n) is 6.25. The first-order chi connectivity index (χ1) is 9.92. The molecule has 6 heteroatoms. The van der Waals surface area contributed by atoms with Crippen molar-refractivity contribution in [1.29, 1.82) is 0 Å². The van der Waals surface area contributed by atoms with E-state index in [2.05, 4.69) is 15.9 Å². The molecule has 0 aliphatic heterocycles. The number of aliphatic hydroxyl groups is 1. The number of nitro benzene ring substituents is 1. The molecule has 0 spiro atoms. The quantitative estimate of drug-likeness (QED) is 0.659. The highest BCUT2D eigenvalue weighted by Crippen LogP contribution is 2.33. The molecule has 0 aromatic heterocycles. The average Bonchev–Trinajstić information content (AvgIpc) is 2.42. The zero-order valence-electron chi connectivity index (χ0n) is 11.6. The van der Waals surface area contributed by atoms with Crippen LogP contribution in [0.5, 0.6) is 11.5 Å². The summed E-state index contributed by atoms with van der Waals surface area (Å²) in [6.45, 7) is 3.27. The summed E-state index contributed by atoms with van der Waals surface area (Å²) in [5.74, 6) is 1.05. The third-order valence-corrected chi connectivity index (χ3v) is 3.60. The van der Waals surface area contributed by atoms with E-state index in [1.54, 1.807) is 32.0 Å². The van der Waals surface area contributed by atoms with Gasteiger partial charge in [0.2, 0.25) is 0 Å². The molecule has 0 radical (unpaired) electrons. The van der Waals surface area contributed by atoms with E-state index < -0.39 is 4.92 Å². The van der Waals surface area contributed by atoms with Crippen molar-refractivity contribution in [3.05, 3.63) is 61.6 Å². The minimum atomic E-state index is -0.412. The molecule has 0 aliphatic rings. The zero-order chi connectivity index (χ0) is 15.6. The maximum Gasteiger partial charge on any atom is 0.272 e. The van der Waals surface area contributed by atoms with Gasteiger partial charge < -0.3 is 9.84 Å². The molecule has 0 bridgehead atoms. The van der Waals surface area contributed by atoms with Crippen molar-refractivity contribution in [2.45, 2.75) is 20.5 Å². The average molecular weight is 352 g/mol. The maximum atomic E-state index is 10.9. The van der Waals surface area contributed by atoms with Crippen LogP contribution < -0.4 is 4.74 Å². The van der Waals surface area contributed by atoms with Gasteiger partial charge in [0, 0.05) is 21.7 Å². The minimum Gasteiger partial charge on any atom is -0.457 e. The van der Waals surface area contributed by atoms with Gasteiger partial charge in [-0.3, -0.25) is 10.1 Å². The van der Waals surface area contributed by atoms with Crippen LogP contribution in [0, 0.1) is 24.0 Å². The summed E-state index contributed by atoms with van der Waals surface area (Å²) < 4.78 is 6.64. The van der Waals surface area contributed by atoms with Gasteiger partial charge in [0.25, 0.3) is 5.69 Å². The molecule has 21 heavy (non-hydrogen) atoms. The molecule has 0 heterocycles. The van der Waals surface area contributed by atoms with Crippen LogP contribution in [-0.4, -0.2) is 10.0 Å². The van der Waals surface area contributed by atoms with Gasteiger partial charge >= 0.3 is 0 Å². The highest BCUT2D eigenvalue weighted by molar-refractivity contribution is 9.10. The van der Waals surface area contributed by atoms with E-state index >= 15 is 0 Å². The van der Waals surface area contributed by atoms with Crippen LogP contribution in [-0.2, 0) is 6.61 Å². The third kappa shape index (κ3) is 3.40. The zero-order valence-corrected chi connectivity index (χ0v) is 13.2. The number of nitrogens with zero attached hydrogens (tertiary/aromatic N) is 1. The Hall–Kier alpha value is -1.92. The van der Waals surface area contributed by atoms with Gasteiger partial charge in [0.05, 0.1) is 11.5 Å². The Bertz CT molecular complexity index is 700. The first-order valence-corrected chi connectivity index (χ1v) is 7.04. The topological polar surface area (TPSA) is 72.6 Å². The molecular weight excluding hydrogens is 338 g/mol. The molecule has 0 aliphatic carbocycles. The van der Waals surface area contributed by atoms with E-state index in [9.17, 15) is 15.2 Å². The molecule has 0 saturated carbocycles. The summed E-state index contributed by atoms with van der Waals surface area (Å²) in [6.07, 6.45) is 0. The van der Waals surface area contributed by atoms with E-state index in [1.807, 2.05) is 6.07 Å². The fourth-order valence-electron chi connectivity index (χ4n) is 1.95. The van der Waals surface area contributed by atoms with Crippen LogP contribution in [0.4, 0.5) is 5.69 Å². The molecular formula is C15H14BrNO4. The minimum absolute atomic E-state index is 0.0662. The third-order valence-electron chi connectivity index (χ3n) is 3.11. The van der Waals surface area contributed by atoms with E-state index in [4.69, 9.17) is 4.74 Å². The Morgan fingerprint density at radius 2 is 1.90 bits per heavy atom. The summed E-state index contributed by atoms with van der Waals surface area (Å²) in [5.41, 5.74) is 1.90. The van der Waals surface area contributed by atoms with Gasteiger partial charge in [-0.05, 0) is 37.6 Å². The van der Waals surface area contributed by atoms with Crippen molar-refractivity contribution in [3.8, 4) is 11.5 Å². The molecule has 2 aromatic carbocycles. The van der Waals surface area contributed by atoms with Crippen LogP contribution in [0.15, 0.2) is 34.8 Å². The Kier molecular flexibility index (Phi) is 4.59. The summed E-state index contributed by atoms with van der Waals surface area (Å²) >= 11 is 3.35. The van der Waals surface area contributed by atoms with Crippen LogP contribution in [0.1, 0.15) is 16.7 Å². The number of halogens is 1. The SMILES string of the molecule is Cc1cc([N+](=O)[O-])c(C)cc1Oc1cc(Br)ccc1CO. The van der Waals surface area contributed by atoms with Crippen LogP contribution in [0.2, 0.25) is 0 Å². The summed E-state index contributed by atoms with van der Waals surface area (Å²) in [4.78, 5) is 10.5. The molecule has 2 rings (SSSR count). The number of aliphatic hydroxyl groups excluding tert-OH is 1. The van der Waals surface area contributed by atoms with Gasteiger partial charge in [-0.25, -0.2) is 0 Å². The fraction of sp³-hybridized carbons (Fsp3) is 0.200. The Morgan fingerprint density at radius 3 is 2.52 bits per heavy atom. The van der Waals surface area contributed by atoms with Gasteiger partial charge in [-0.2, -0.15) is 0 Å². The molecule has 1 N–H and O–H groups in total. The van der Waals surface area contributed by atoms with Crippen molar-refractivity contribution in [2.75, 3.05) is 0 Å². The van der Waals surface area contributed by atoms with E-state index in [1.165, 1.54) is 6.07 Å². The normalized spacial score (nSPS) is 10.5. The molecule has 2 aromatic rings. The van der Waals surface area contributed by atoms with Gasteiger partial charge in [-0.1, -0.05) is 22.0 Å². The summed E-state index contributed by atoms with van der Waals surface area (Å²) in [5, 5.41) is 20.3. The summed E-state index contributed by atoms with van der Waals surface area (Å²) in [7, 11) is 0. The highest BCUT2D eigenvalue weighted by atomic mass is 79.9. The van der Waals surface area contributed by atoms with E-state index in [0.29, 0.717) is 28.2 Å². The van der Waals surface area contributed by atoms with Crippen molar-refractivity contribution in [2.24, 2.45) is 0 Å². The van der Waals surface area contributed by atoms with Crippen molar-refractivity contribution in [3.63, 3.8) is 0 Å². The molecule has 5 nitrogen and oxygen atoms in total. The predicted molar refractivity (Wildman–Crippen MR) is 82.7 cm³/mol. The van der Waals surface area contributed by atoms with Crippen LogP contribution in [0.25, 0.3) is 0 Å². The second-order valence-corrected chi connectivity index (χ2v) is 5.59. The number of aryl methyl sites for hydroxylation is 2. The molecule has 0 fully saturated rings. The molecule has 0 atom stereocenters. The monoisotopic (exact) mass is 351 g/mol. The fourth-order valence-corrected chi connectivity index (χ4v) is 2.29. The number of ether oxygens (including phenoxy) is 1. The van der Waals surface area contributed by atoms with E-state index in [0.717, 1.165) is 4.47 Å². The molecule has 0 saturated heterocycles. The van der Waals surface area contributed by atoms with Crippen molar-refractivity contribution >= 4 is 21.6 Å². The van der Waals surface area contributed by atoms with Crippen LogP contribution >= 0.6 is 15.9 Å². The van der Waals surface area contributed by atoms with Crippen LogP contribution in [0.3, 0.4) is 0 Å². The highest BCUT2D eigenvalue weighted by Gasteiger charge is 2.15. The number of nitro groups is 1. The Balaban J connectivity index is 2.43. The van der Waals surface area contributed by atoms with Crippen molar-refractivity contribution < 1.29 is 14.8 Å². The lowest BCUT2D eigenvalue weighted by Crippen LogP contribution is -1.97. The Morgan fingerprint density at radius 1 is 1.19 bits per heavy atom. The second-order valence-electron chi connectivity index (χ2n) is 4.67. The number of rotatable bonds is 4. The molecule has 0 unspecified atom stereocenters. The standard InChI is InChI=1S/C15H14BrNO4/c1-9-6-14(10(2)5-13(9)17(19)20)21-15-7-12(16)4-3-11(15)8-18/h3-7,18H,8H2,1-2H3. The number of hydrogen-bond donors (Lipinski definition) is 1. The van der Waals surface area contributed by atoms with E-state index in [-0.39, 0.29) is 12.3 Å². The molecule has 0 amide bonds. The van der Waals surface area contributed by atoms with Gasteiger partial charge in [0.15, 0.2) is 0 Å². The predicted octanol–water partition coefficient (Wildman–Crippen LogP) is 4.26. The Labute approximate surface area is 130 Å². The largest absolute Gasteiger partial charge is 0.457 e. The second kappa shape index (κ2) is 6.24. The molecule has 110 valence electrons. The van der Waals surface area contributed by atoms with Gasteiger partial charge in [-0.15, -0.1) is 0 Å². The smallest absolute Gasteiger partial charge is 0.272 e. The number of benzene rings is 2. The number of hydrogen-bond acceptors (Lipinski definition) is 4. The van der Waals surface area contributed by atoms with Crippen molar-refractivity contribution in [1.82, 2.24) is 0 Å². The lowest BCUT2D eigenvalue weighted by molar-refractivity contribution is -0.385. The lowest BCUT2D eigenvalue weighted by Gasteiger charge is -2.13. The summed E-state index contributed by atoms with van der Waals surface area (Å²) in [6, 6.07) is 8.44. The van der Waals surface area contributed by atoms with Gasteiger partial charge in [0.1, 0.15) is 11.5 Å². The maximum absolute atomic E-state index is 10.9. The first kappa shape index (κ1) is 15.5.